The number of unbranched alkanes of at least 4 members (excludes halogenated alkanes) is 47. The van der Waals surface area contributed by atoms with E-state index in [9.17, 15) is 19.0 Å². The molecule has 0 aliphatic rings. The van der Waals surface area contributed by atoms with Crippen LogP contribution in [0.4, 0.5) is 0 Å². The second kappa shape index (κ2) is 60.0. The standard InChI is InChI=1S/C63H124NO8P/c1-3-5-7-9-11-13-15-17-19-21-23-24-25-26-27-28-29-30-31-32-33-34-35-36-38-39-41-43-45-47-49-51-53-55-62(65)69-59-61(60-71-73(67,68)70-58-57-64)72-63(66)56-54-52-50-48-46-44-42-40-37-22-20-18-16-14-12-10-8-6-4-2/h18,20,61H,3-17,19,21-60,64H2,1-2H3,(H,67,68)/b20-18-. The molecular formula is C63H124NO8P. The SMILES string of the molecule is CCCCCCCC/C=C\CCCCCCCCCCCC(=O)OC(COC(=O)CCCCCCCCCCCCCCCCCCCCCCCCCCCCCCCCCCC)COP(=O)(O)OCCN. The Morgan fingerprint density at radius 3 is 0.973 bits per heavy atom. The van der Waals surface area contributed by atoms with Gasteiger partial charge >= 0.3 is 19.8 Å². The summed E-state index contributed by atoms with van der Waals surface area (Å²) in [6.45, 7) is 3.81. The highest BCUT2D eigenvalue weighted by Crippen LogP contribution is 2.43. The molecule has 0 heterocycles. The van der Waals surface area contributed by atoms with Gasteiger partial charge in [0.05, 0.1) is 13.2 Å². The Bertz CT molecular complexity index is 1200. The molecular weight excluding hydrogens is 930 g/mol. The zero-order valence-electron chi connectivity index (χ0n) is 48.7. The molecule has 0 aliphatic carbocycles. The topological polar surface area (TPSA) is 134 Å². The van der Waals surface area contributed by atoms with Crippen molar-refractivity contribution in [1.29, 1.82) is 0 Å². The lowest BCUT2D eigenvalue weighted by molar-refractivity contribution is -0.161. The number of ether oxygens (including phenoxy) is 2. The Kier molecular flexibility index (Phi) is 59.0. The van der Waals surface area contributed by atoms with E-state index in [1.54, 1.807) is 0 Å². The molecule has 2 unspecified atom stereocenters. The van der Waals surface area contributed by atoms with Gasteiger partial charge in [-0.1, -0.05) is 309 Å². The minimum Gasteiger partial charge on any atom is -0.462 e. The largest absolute Gasteiger partial charge is 0.472 e. The average molecular weight is 1050 g/mol. The lowest BCUT2D eigenvalue weighted by atomic mass is 10.0. The lowest BCUT2D eigenvalue weighted by Crippen LogP contribution is -2.29. The monoisotopic (exact) mass is 1050 g/mol. The zero-order valence-corrected chi connectivity index (χ0v) is 49.6. The molecule has 0 bridgehead atoms. The van der Waals surface area contributed by atoms with Gasteiger partial charge < -0.3 is 20.1 Å². The highest BCUT2D eigenvalue weighted by Gasteiger charge is 2.26. The molecule has 73 heavy (non-hydrogen) atoms. The smallest absolute Gasteiger partial charge is 0.462 e. The maximum absolute atomic E-state index is 12.7. The molecule has 9 nitrogen and oxygen atoms in total. The van der Waals surface area contributed by atoms with E-state index in [-0.39, 0.29) is 38.6 Å². The number of allylic oxidation sites excluding steroid dienone is 2. The summed E-state index contributed by atoms with van der Waals surface area (Å²) in [7, 11) is -4.38. The van der Waals surface area contributed by atoms with Crippen LogP contribution < -0.4 is 5.73 Å². The number of carbonyl (C=O) groups is 2. The van der Waals surface area contributed by atoms with Crippen LogP contribution in [0.15, 0.2) is 12.2 Å². The average Bonchev–Trinajstić information content (AvgIpc) is 3.38. The van der Waals surface area contributed by atoms with Crippen LogP contribution in [-0.4, -0.2) is 49.3 Å². The van der Waals surface area contributed by atoms with Gasteiger partial charge in [-0.3, -0.25) is 18.6 Å². The van der Waals surface area contributed by atoms with Crippen molar-refractivity contribution in [3.8, 4) is 0 Å². The summed E-state index contributed by atoms with van der Waals surface area (Å²) in [4.78, 5) is 35.2. The molecule has 0 aromatic carbocycles. The Hall–Kier alpha value is -1.25. The van der Waals surface area contributed by atoms with E-state index in [4.69, 9.17) is 24.3 Å². The van der Waals surface area contributed by atoms with E-state index in [2.05, 4.69) is 26.0 Å². The van der Waals surface area contributed by atoms with Gasteiger partial charge in [0.15, 0.2) is 6.10 Å². The first kappa shape index (κ1) is 71.8. The third-order valence-corrected chi connectivity index (χ3v) is 15.6. The van der Waals surface area contributed by atoms with E-state index < -0.39 is 26.5 Å². The van der Waals surface area contributed by atoms with Crippen LogP contribution in [0.3, 0.4) is 0 Å². The van der Waals surface area contributed by atoms with Crippen molar-refractivity contribution in [1.82, 2.24) is 0 Å². The summed E-state index contributed by atoms with van der Waals surface area (Å²) in [6, 6.07) is 0. The van der Waals surface area contributed by atoms with Crippen molar-refractivity contribution >= 4 is 19.8 Å². The van der Waals surface area contributed by atoms with Crippen molar-refractivity contribution < 1.29 is 37.6 Å². The van der Waals surface area contributed by atoms with E-state index in [0.717, 1.165) is 38.5 Å². The van der Waals surface area contributed by atoms with Gasteiger partial charge in [0.2, 0.25) is 0 Å². The molecule has 0 aromatic heterocycles. The third kappa shape index (κ3) is 59.8. The van der Waals surface area contributed by atoms with Gasteiger partial charge in [0.1, 0.15) is 6.61 Å². The number of hydrogen-bond donors (Lipinski definition) is 2. The molecule has 3 N–H and O–H groups in total. The van der Waals surface area contributed by atoms with Crippen molar-refractivity contribution in [3.63, 3.8) is 0 Å². The number of hydrogen-bond acceptors (Lipinski definition) is 8. The van der Waals surface area contributed by atoms with Crippen LogP contribution in [0, 0.1) is 0 Å². The fourth-order valence-electron chi connectivity index (χ4n) is 9.87. The van der Waals surface area contributed by atoms with E-state index in [1.165, 1.54) is 276 Å². The summed E-state index contributed by atoms with van der Waals surface area (Å²) in [5, 5.41) is 0. The molecule has 0 spiro atoms. The summed E-state index contributed by atoms with van der Waals surface area (Å²) in [5.41, 5.74) is 5.39. The van der Waals surface area contributed by atoms with Crippen molar-refractivity contribution in [2.45, 2.75) is 354 Å². The maximum atomic E-state index is 12.7. The number of phosphoric ester groups is 1. The summed E-state index contributed by atoms with van der Waals surface area (Å²) in [5.74, 6) is -0.809. The van der Waals surface area contributed by atoms with Crippen LogP contribution in [0.5, 0.6) is 0 Å². The lowest BCUT2D eigenvalue weighted by Gasteiger charge is -2.19. The van der Waals surface area contributed by atoms with Crippen molar-refractivity contribution in [2.24, 2.45) is 5.73 Å². The van der Waals surface area contributed by atoms with Gasteiger partial charge in [-0.05, 0) is 38.5 Å². The van der Waals surface area contributed by atoms with Crippen LogP contribution in [-0.2, 0) is 32.7 Å². The van der Waals surface area contributed by atoms with Gasteiger partial charge in [0, 0.05) is 19.4 Å². The van der Waals surface area contributed by atoms with Crippen LogP contribution in [0.2, 0.25) is 0 Å². The first-order valence-corrected chi connectivity index (χ1v) is 33.7. The van der Waals surface area contributed by atoms with Gasteiger partial charge in [-0.2, -0.15) is 0 Å². The number of phosphoric acid groups is 1. The quantitative estimate of drug-likeness (QED) is 0.0264. The van der Waals surface area contributed by atoms with Gasteiger partial charge in [-0.25, -0.2) is 4.57 Å². The Balaban J connectivity index is 3.80. The summed E-state index contributed by atoms with van der Waals surface area (Å²) < 4.78 is 33.1. The van der Waals surface area contributed by atoms with E-state index in [0.29, 0.717) is 6.42 Å². The van der Waals surface area contributed by atoms with Crippen molar-refractivity contribution in [3.05, 3.63) is 12.2 Å². The Labute approximate surface area is 453 Å². The number of nitrogens with two attached hydrogens (primary N) is 1. The minimum absolute atomic E-state index is 0.0565. The fourth-order valence-corrected chi connectivity index (χ4v) is 10.6. The Morgan fingerprint density at radius 2 is 0.671 bits per heavy atom. The fraction of sp³-hybridized carbons (Fsp3) is 0.937. The van der Waals surface area contributed by atoms with Gasteiger partial charge in [-0.15, -0.1) is 0 Å². The molecule has 2 atom stereocenters. The van der Waals surface area contributed by atoms with Crippen LogP contribution in [0.1, 0.15) is 348 Å². The summed E-state index contributed by atoms with van der Waals surface area (Å²) in [6.07, 6.45) is 70.2. The molecule has 0 amide bonds. The van der Waals surface area contributed by atoms with Gasteiger partial charge in [0.25, 0.3) is 0 Å². The predicted molar refractivity (Wildman–Crippen MR) is 312 cm³/mol. The van der Waals surface area contributed by atoms with Crippen molar-refractivity contribution in [2.75, 3.05) is 26.4 Å². The maximum Gasteiger partial charge on any atom is 0.472 e. The first-order chi connectivity index (χ1) is 35.8. The number of esters is 2. The normalized spacial score (nSPS) is 13.0. The predicted octanol–water partition coefficient (Wildman–Crippen LogP) is 20.4. The molecule has 0 rings (SSSR count). The molecule has 0 aromatic rings. The molecule has 434 valence electrons. The zero-order chi connectivity index (χ0) is 53.1. The van der Waals surface area contributed by atoms with E-state index in [1.807, 2.05) is 0 Å². The molecule has 10 heteroatoms. The molecule has 0 radical (unpaired) electrons. The number of carbonyl (C=O) groups excluding carboxylic acids is 2. The van der Waals surface area contributed by atoms with Crippen LogP contribution in [0.25, 0.3) is 0 Å². The highest BCUT2D eigenvalue weighted by atomic mass is 31.2. The van der Waals surface area contributed by atoms with E-state index >= 15 is 0 Å². The molecule has 0 saturated heterocycles. The molecule has 0 saturated carbocycles. The first-order valence-electron chi connectivity index (χ1n) is 32.2. The second-order valence-electron chi connectivity index (χ2n) is 22.0. The van der Waals surface area contributed by atoms with Crippen LogP contribution >= 0.6 is 7.82 Å². The second-order valence-corrected chi connectivity index (χ2v) is 23.4. The number of rotatable bonds is 62. The highest BCUT2D eigenvalue weighted by molar-refractivity contribution is 7.47. The minimum atomic E-state index is -4.38. The third-order valence-electron chi connectivity index (χ3n) is 14.7. The summed E-state index contributed by atoms with van der Waals surface area (Å²) >= 11 is 0. The molecule has 0 aliphatic heterocycles. The molecule has 0 fully saturated rings. The Morgan fingerprint density at radius 1 is 0.397 bits per heavy atom.